The van der Waals surface area contributed by atoms with Gasteiger partial charge in [0.1, 0.15) is 0 Å². The Balaban J connectivity index is 3.35. The van der Waals surface area contributed by atoms with Crippen molar-refractivity contribution >= 4 is 10.1 Å². The van der Waals surface area contributed by atoms with Crippen molar-refractivity contribution in [2.24, 2.45) is 0 Å². The first-order chi connectivity index (χ1) is 13.4. The van der Waals surface area contributed by atoms with Crippen LogP contribution < -0.4 is 0 Å². The molecule has 2 N–H and O–H groups in total. The lowest BCUT2D eigenvalue weighted by atomic mass is 10.0. The molecule has 2 atom stereocenters. The third kappa shape index (κ3) is 17.9. The van der Waals surface area contributed by atoms with Gasteiger partial charge in [0.25, 0.3) is 10.1 Å². The molecule has 0 spiro atoms. The highest BCUT2D eigenvalue weighted by Crippen LogP contribution is 2.18. The maximum Gasteiger partial charge on any atom is 0.267 e. The summed E-state index contributed by atoms with van der Waals surface area (Å²) < 4.78 is 31.8. The van der Waals surface area contributed by atoms with Crippen LogP contribution in [0.3, 0.4) is 0 Å². The summed E-state index contributed by atoms with van der Waals surface area (Å²) in [6.07, 6.45) is 20.7. The quantitative estimate of drug-likeness (QED) is 0.154. The van der Waals surface area contributed by atoms with Crippen LogP contribution in [0.1, 0.15) is 136 Å². The van der Waals surface area contributed by atoms with E-state index in [2.05, 4.69) is 6.92 Å². The number of hydrogen-bond donors (Lipinski definition) is 2. The van der Waals surface area contributed by atoms with Gasteiger partial charge in [0.05, 0.1) is 11.4 Å². The molecule has 0 heterocycles. The summed E-state index contributed by atoms with van der Waals surface area (Å²) >= 11 is 0. The predicted molar refractivity (Wildman–Crippen MR) is 120 cm³/mol. The summed E-state index contributed by atoms with van der Waals surface area (Å²) in [5.41, 5.74) is 0. The highest BCUT2D eigenvalue weighted by molar-refractivity contribution is 7.86. The Labute approximate surface area is 175 Å². The molecule has 0 rings (SSSR count). The van der Waals surface area contributed by atoms with E-state index < -0.39 is 15.4 Å². The number of aliphatic hydroxyl groups is 1. The Kier molecular flexibility index (Phi) is 18.8. The molecule has 0 aliphatic carbocycles. The molecule has 0 aliphatic heterocycles. The maximum absolute atomic E-state index is 11.3. The summed E-state index contributed by atoms with van der Waals surface area (Å²) in [5, 5.41) is 9.33. The van der Waals surface area contributed by atoms with Crippen LogP contribution in [0.15, 0.2) is 0 Å². The number of hydrogen-bond acceptors (Lipinski definition) is 3. The van der Waals surface area contributed by atoms with Crippen molar-refractivity contribution in [3.8, 4) is 0 Å². The summed E-state index contributed by atoms with van der Waals surface area (Å²) in [7, 11) is -3.87. The van der Waals surface area contributed by atoms with E-state index in [9.17, 15) is 18.1 Å². The summed E-state index contributed by atoms with van der Waals surface area (Å²) in [6.45, 7) is 4.15. The number of aliphatic hydroxyl groups excluding tert-OH is 1. The molecule has 0 aromatic rings. The molecule has 0 aliphatic rings. The first-order valence-electron chi connectivity index (χ1n) is 12.1. The summed E-state index contributed by atoms with van der Waals surface area (Å²) in [6, 6.07) is 0. The van der Waals surface area contributed by atoms with Gasteiger partial charge >= 0.3 is 0 Å². The molecule has 0 radical (unpaired) electrons. The third-order valence-electron chi connectivity index (χ3n) is 5.74. The van der Waals surface area contributed by atoms with Crippen molar-refractivity contribution in [2.75, 3.05) is 0 Å². The molecule has 0 amide bonds. The Hall–Kier alpha value is -0.130. The molecule has 4 nitrogen and oxygen atoms in total. The fourth-order valence-electron chi connectivity index (χ4n) is 3.88. The minimum absolute atomic E-state index is 0.0821. The molecule has 28 heavy (non-hydrogen) atoms. The highest BCUT2D eigenvalue weighted by atomic mass is 32.2. The minimum Gasteiger partial charge on any atom is -0.393 e. The van der Waals surface area contributed by atoms with Crippen LogP contribution >= 0.6 is 0 Å². The maximum atomic E-state index is 11.3. The second-order valence-electron chi connectivity index (χ2n) is 8.54. The first kappa shape index (κ1) is 27.9. The molecule has 5 heteroatoms. The van der Waals surface area contributed by atoms with Gasteiger partial charge in [-0.1, -0.05) is 110 Å². The molecule has 170 valence electrons. The van der Waals surface area contributed by atoms with Gasteiger partial charge in [0.15, 0.2) is 0 Å². The van der Waals surface area contributed by atoms with E-state index >= 15 is 0 Å². The van der Waals surface area contributed by atoms with E-state index in [1.165, 1.54) is 64.2 Å². The van der Waals surface area contributed by atoms with Crippen LogP contribution in [0.2, 0.25) is 0 Å². The molecule has 0 aromatic carbocycles. The van der Waals surface area contributed by atoms with Crippen molar-refractivity contribution in [2.45, 2.75) is 147 Å². The van der Waals surface area contributed by atoms with E-state index in [0.29, 0.717) is 12.8 Å². The predicted octanol–water partition coefficient (Wildman–Crippen LogP) is 7.06. The van der Waals surface area contributed by atoms with Crippen molar-refractivity contribution in [3.05, 3.63) is 0 Å². The van der Waals surface area contributed by atoms with Gasteiger partial charge in [-0.25, -0.2) is 0 Å². The minimum atomic E-state index is -3.87. The molecule has 0 bridgehead atoms. The van der Waals surface area contributed by atoms with E-state index in [4.69, 9.17) is 0 Å². The van der Waals surface area contributed by atoms with Crippen LogP contribution in [-0.2, 0) is 10.1 Å². The van der Waals surface area contributed by atoms with Gasteiger partial charge in [-0.05, 0) is 25.7 Å². The number of unbranched alkanes of at least 4 members (excludes halogenated alkanes) is 12. The lowest BCUT2D eigenvalue weighted by Gasteiger charge is -2.12. The number of rotatable bonds is 21. The van der Waals surface area contributed by atoms with Gasteiger partial charge in [0, 0.05) is 0 Å². The van der Waals surface area contributed by atoms with Gasteiger partial charge in [0.2, 0.25) is 0 Å². The van der Waals surface area contributed by atoms with E-state index in [1.807, 2.05) is 6.92 Å². The average molecular weight is 421 g/mol. The van der Waals surface area contributed by atoms with Crippen molar-refractivity contribution in [1.82, 2.24) is 0 Å². The first-order valence-corrected chi connectivity index (χ1v) is 13.6. The van der Waals surface area contributed by atoms with Gasteiger partial charge in [-0.2, -0.15) is 8.42 Å². The second-order valence-corrected chi connectivity index (χ2v) is 10.2. The smallest absolute Gasteiger partial charge is 0.267 e. The van der Waals surface area contributed by atoms with E-state index in [-0.39, 0.29) is 6.10 Å². The Morgan fingerprint density at radius 2 is 0.964 bits per heavy atom. The lowest BCUT2D eigenvalue weighted by molar-refractivity contribution is 0.147. The molecule has 2 unspecified atom stereocenters. The molecule has 0 fully saturated rings. The van der Waals surface area contributed by atoms with Crippen LogP contribution in [-0.4, -0.2) is 29.4 Å². The zero-order chi connectivity index (χ0) is 21.1. The van der Waals surface area contributed by atoms with Crippen LogP contribution in [0.4, 0.5) is 0 Å². The third-order valence-corrected chi connectivity index (χ3v) is 7.05. The van der Waals surface area contributed by atoms with E-state index in [0.717, 1.165) is 44.9 Å². The highest BCUT2D eigenvalue weighted by Gasteiger charge is 2.20. The largest absolute Gasteiger partial charge is 0.393 e. The van der Waals surface area contributed by atoms with Crippen molar-refractivity contribution in [1.29, 1.82) is 0 Å². The molecular weight excluding hydrogens is 372 g/mol. The molecule has 0 saturated carbocycles. The Morgan fingerprint density at radius 3 is 1.36 bits per heavy atom. The zero-order valence-corrected chi connectivity index (χ0v) is 19.5. The molecular formula is C23H48O4S. The normalized spacial score (nSPS) is 14.3. The zero-order valence-electron chi connectivity index (χ0n) is 18.7. The van der Waals surface area contributed by atoms with Crippen molar-refractivity contribution < 1.29 is 18.1 Å². The van der Waals surface area contributed by atoms with Crippen LogP contribution in [0.5, 0.6) is 0 Å². The molecule has 0 saturated heterocycles. The fraction of sp³-hybridized carbons (Fsp3) is 1.00. The Morgan fingerprint density at radius 1 is 0.571 bits per heavy atom. The average Bonchev–Trinajstić information content (AvgIpc) is 2.64. The molecule has 0 aromatic heterocycles. The monoisotopic (exact) mass is 420 g/mol. The van der Waals surface area contributed by atoms with Gasteiger partial charge in [-0.3, -0.25) is 4.55 Å². The van der Waals surface area contributed by atoms with Crippen LogP contribution in [0.25, 0.3) is 0 Å². The Bertz CT molecular complexity index is 422. The second kappa shape index (κ2) is 18.9. The topological polar surface area (TPSA) is 74.6 Å². The van der Waals surface area contributed by atoms with Gasteiger partial charge < -0.3 is 5.11 Å². The fourth-order valence-corrected chi connectivity index (χ4v) is 4.88. The SMILES string of the molecule is CCCCCC(O)CCCCCCCCCCCCCC(CCC)S(=O)(=O)O. The standard InChI is InChI=1S/C23H48O4S/c1-3-5-15-19-22(24)20-16-13-11-9-7-6-8-10-12-14-17-21-23(18-4-2)28(25,26)27/h22-24H,3-21H2,1-2H3,(H,25,26,27). The van der Waals surface area contributed by atoms with Crippen molar-refractivity contribution in [3.63, 3.8) is 0 Å². The lowest BCUT2D eigenvalue weighted by Crippen LogP contribution is -2.20. The summed E-state index contributed by atoms with van der Waals surface area (Å²) in [5.74, 6) is 0. The summed E-state index contributed by atoms with van der Waals surface area (Å²) in [4.78, 5) is 0. The van der Waals surface area contributed by atoms with Crippen LogP contribution in [0, 0.1) is 0 Å². The van der Waals surface area contributed by atoms with E-state index in [1.54, 1.807) is 0 Å². The van der Waals surface area contributed by atoms with Gasteiger partial charge in [-0.15, -0.1) is 0 Å².